The van der Waals surface area contributed by atoms with Gasteiger partial charge in [0.15, 0.2) is 5.69 Å². The van der Waals surface area contributed by atoms with Crippen molar-refractivity contribution in [1.82, 2.24) is 20.0 Å². The molecule has 12 heteroatoms. The first-order valence-corrected chi connectivity index (χ1v) is 6.76. The molecule has 0 radical (unpaired) electrons. The molecule has 2 N–H and O–H groups in total. The van der Waals surface area contributed by atoms with Crippen LogP contribution in [-0.2, 0) is 11.0 Å². The lowest BCUT2D eigenvalue weighted by Crippen LogP contribution is -2.27. The van der Waals surface area contributed by atoms with Crippen LogP contribution in [0.5, 0.6) is 0 Å². The Bertz CT molecular complexity index is 766. The molecule has 130 valence electrons. The van der Waals surface area contributed by atoms with Crippen molar-refractivity contribution < 1.29 is 22.9 Å². The number of amides is 1. The molecule has 0 aliphatic rings. The molecular formula is C12H13F3N6O3. The minimum atomic E-state index is -4.74. The highest BCUT2D eigenvalue weighted by atomic mass is 19.4. The molecule has 0 aliphatic carbocycles. The normalized spacial score (nSPS) is 12.9. The number of alkyl halides is 3. The Balaban J connectivity index is 2.27. The summed E-state index contributed by atoms with van der Waals surface area (Å²) in [6.45, 7) is 2.93. The van der Waals surface area contributed by atoms with Crippen LogP contribution in [0.25, 0.3) is 0 Å². The van der Waals surface area contributed by atoms with Gasteiger partial charge in [0.1, 0.15) is 18.4 Å². The molecule has 24 heavy (non-hydrogen) atoms. The fourth-order valence-electron chi connectivity index (χ4n) is 2.08. The zero-order chi connectivity index (χ0) is 18.1. The number of nitro groups is 1. The summed E-state index contributed by atoms with van der Waals surface area (Å²) >= 11 is 0. The number of aryl methyl sites for hydroxylation is 1. The maximum atomic E-state index is 12.9. The van der Waals surface area contributed by atoms with Crippen molar-refractivity contribution in [3.05, 3.63) is 33.9 Å². The van der Waals surface area contributed by atoms with Gasteiger partial charge in [-0.3, -0.25) is 24.7 Å². The number of aromatic amines is 1. The fraction of sp³-hybridized carbons (Fsp3) is 0.417. The zero-order valence-electron chi connectivity index (χ0n) is 12.6. The van der Waals surface area contributed by atoms with Crippen molar-refractivity contribution in [2.45, 2.75) is 32.5 Å². The van der Waals surface area contributed by atoms with Gasteiger partial charge in [-0.2, -0.15) is 23.4 Å². The topological polar surface area (TPSA) is 119 Å². The lowest BCUT2D eigenvalue weighted by Gasteiger charge is -2.16. The van der Waals surface area contributed by atoms with E-state index in [1.807, 2.05) is 0 Å². The summed E-state index contributed by atoms with van der Waals surface area (Å²) < 4.78 is 39.7. The third-order valence-electron chi connectivity index (χ3n) is 3.27. The lowest BCUT2D eigenvalue weighted by molar-refractivity contribution is -0.385. The highest BCUT2D eigenvalue weighted by Crippen LogP contribution is 2.35. The van der Waals surface area contributed by atoms with Gasteiger partial charge in [-0.15, -0.1) is 0 Å². The van der Waals surface area contributed by atoms with Gasteiger partial charge >= 0.3 is 11.9 Å². The van der Waals surface area contributed by atoms with Crippen LogP contribution in [0.4, 0.5) is 24.5 Å². The number of nitrogens with one attached hydrogen (secondary N) is 2. The van der Waals surface area contributed by atoms with Crippen molar-refractivity contribution >= 4 is 17.3 Å². The Kier molecular flexibility index (Phi) is 4.57. The minimum Gasteiger partial charge on any atom is -0.321 e. The summed E-state index contributed by atoms with van der Waals surface area (Å²) in [6, 6.07) is -1.01. The van der Waals surface area contributed by atoms with Gasteiger partial charge in [0.2, 0.25) is 5.91 Å². The first-order valence-electron chi connectivity index (χ1n) is 6.76. The average molecular weight is 346 g/mol. The van der Waals surface area contributed by atoms with Crippen molar-refractivity contribution in [2.24, 2.45) is 0 Å². The largest absolute Gasteiger partial charge is 0.437 e. The Labute approximate surface area is 133 Å². The maximum Gasteiger partial charge on any atom is 0.437 e. The minimum absolute atomic E-state index is 0.0389. The number of carbonyl (C=O) groups is 1. The van der Waals surface area contributed by atoms with E-state index in [1.54, 1.807) is 6.92 Å². The molecular weight excluding hydrogens is 333 g/mol. The molecule has 1 amide bonds. The molecule has 2 heterocycles. The number of nitrogens with zero attached hydrogens (tertiary/aromatic N) is 4. The molecule has 2 aromatic heterocycles. The number of H-pyrrole nitrogens is 1. The zero-order valence-corrected chi connectivity index (χ0v) is 12.6. The Morgan fingerprint density at radius 1 is 1.54 bits per heavy atom. The van der Waals surface area contributed by atoms with Crippen molar-refractivity contribution in [3.8, 4) is 0 Å². The van der Waals surface area contributed by atoms with Crippen LogP contribution < -0.4 is 5.32 Å². The SMILES string of the molecule is CC[C@H](C(=O)Nc1c(C(F)(F)F)n[nH]c1C)n1cc([N+](=O)[O-])cn1. The summed E-state index contributed by atoms with van der Waals surface area (Å²) in [7, 11) is 0. The van der Waals surface area contributed by atoms with Crippen LogP contribution in [0.1, 0.15) is 30.8 Å². The molecule has 0 bridgehead atoms. The quantitative estimate of drug-likeness (QED) is 0.636. The van der Waals surface area contributed by atoms with Crippen LogP contribution >= 0.6 is 0 Å². The van der Waals surface area contributed by atoms with Crippen LogP contribution in [0.3, 0.4) is 0 Å². The first-order chi connectivity index (χ1) is 11.1. The van der Waals surface area contributed by atoms with E-state index in [0.717, 1.165) is 17.1 Å². The van der Waals surface area contributed by atoms with Crippen molar-refractivity contribution in [1.29, 1.82) is 0 Å². The van der Waals surface area contributed by atoms with Gasteiger partial charge in [0.05, 0.1) is 16.3 Å². The van der Waals surface area contributed by atoms with Crippen molar-refractivity contribution in [2.75, 3.05) is 5.32 Å². The van der Waals surface area contributed by atoms with Gasteiger partial charge in [0.25, 0.3) is 0 Å². The van der Waals surface area contributed by atoms with E-state index in [4.69, 9.17) is 0 Å². The second-order valence-electron chi connectivity index (χ2n) is 4.92. The van der Waals surface area contributed by atoms with Crippen LogP contribution in [0, 0.1) is 17.0 Å². The third-order valence-corrected chi connectivity index (χ3v) is 3.27. The van der Waals surface area contributed by atoms with E-state index in [9.17, 15) is 28.1 Å². The predicted molar refractivity (Wildman–Crippen MR) is 75.2 cm³/mol. The Morgan fingerprint density at radius 3 is 2.71 bits per heavy atom. The highest BCUT2D eigenvalue weighted by molar-refractivity contribution is 5.94. The summed E-state index contributed by atoms with van der Waals surface area (Å²) in [4.78, 5) is 22.3. The number of hydrogen-bond acceptors (Lipinski definition) is 5. The van der Waals surface area contributed by atoms with Gasteiger partial charge in [-0.25, -0.2) is 0 Å². The summed E-state index contributed by atoms with van der Waals surface area (Å²) in [5, 5.41) is 21.9. The van der Waals surface area contributed by atoms with Crippen LogP contribution in [0.15, 0.2) is 12.4 Å². The average Bonchev–Trinajstić information content (AvgIpc) is 3.07. The number of carbonyl (C=O) groups excluding carboxylic acids is 1. The summed E-state index contributed by atoms with van der Waals surface area (Å²) in [5.74, 6) is -0.787. The summed E-state index contributed by atoms with van der Waals surface area (Å²) in [5.41, 5.74) is -2.00. The third kappa shape index (κ3) is 3.36. The fourth-order valence-corrected chi connectivity index (χ4v) is 2.08. The molecule has 2 rings (SSSR count). The molecule has 1 atom stereocenters. The van der Waals surface area contributed by atoms with Crippen LogP contribution in [-0.4, -0.2) is 30.8 Å². The molecule has 0 fully saturated rings. The molecule has 0 aromatic carbocycles. The monoisotopic (exact) mass is 346 g/mol. The van der Waals surface area contributed by atoms with E-state index in [1.165, 1.54) is 6.92 Å². The number of hydrogen-bond donors (Lipinski definition) is 2. The van der Waals surface area contributed by atoms with Crippen LogP contribution in [0.2, 0.25) is 0 Å². The standard InChI is InChI=1S/C12H13F3N6O3/c1-3-8(20-5-7(4-16-20)21(23)24)11(22)17-9-6(2)18-19-10(9)12(13,14)15/h4-5,8H,3H2,1-2H3,(H,17,22)(H,18,19)/t8-/m1/s1. The Morgan fingerprint density at radius 2 is 2.21 bits per heavy atom. The smallest absolute Gasteiger partial charge is 0.321 e. The Hall–Kier alpha value is -2.92. The van der Waals surface area contributed by atoms with E-state index in [0.29, 0.717) is 0 Å². The van der Waals surface area contributed by atoms with Gasteiger partial charge in [-0.05, 0) is 13.3 Å². The van der Waals surface area contributed by atoms with E-state index in [2.05, 4.69) is 20.6 Å². The predicted octanol–water partition coefficient (Wildman–Crippen LogP) is 2.43. The number of rotatable bonds is 5. The molecule has 2 aromatic rings. The highest BCUT2D eigenvalue weighted by Gasteiger charge is 2.38. The molecule has 0 saturated carbocycles. The van der Waals surface area contributed by atoms with Gasteiger partial charge in [0, 0.05) is 0 Å². The molecule has 0 aliphatic heterocycles. The molecule has 0 saturated heterocycles. The van der Waals surface area contributed by atoms with Gasteiger partial charge < -0.3 is 5.32 Å². The number of anilines is 1. The number of halogens is 3. The second kappa shape index (κ2) is 6.29. The van der Waals surface area contributed by atoms with Gasteiger partial charge in [-0.1, -0.05) is 6.92 Å². The first kappa shape index (κ1) is 17.4. The number of aromatic nitrogens is 4. The van der Waals surface area contributed by atoms with E-state index >= 15 is 0 Å². The second-order valence-corrected chi connectivity index (χ2v) is 4.92. The maximum absolute atomic E-state index is 12.9. The molecule has 9 nitrogen and oxygen atoms in total. The lowest BCUT2D eigenvalue weighted by atomic mass is 10.2. The van der Waals surface area contributed by atoms with E-state index < -0.39 is 34.4 Å². The van der Waals surface area contributed by atoms with Crippen molar-refractivity contribution in [3.63, 3.8) is 0 Å². The van der Waals surface area contributed by atoms with E-state index in [-0.39, 0.29) is 17.8 Å². The molecule has 0 spiro atoms. The summed E-state index contributed by atoms with van der Waals surface area (Å²) in [6.07, 6.45) is -2.57. The molecule has 0 unspecified atom stereocenters.